The summed E-state index contributed by atoms with van der Waals surface area (Å²) in [6.45, 7) is 5.58. The van der Waals surface area contributed by atoms with Crippen LogP contribution in [0, 0.1) is 26.7 Å². The van der Waals surface area contributed by atoms with Crippen LogP contribution in [0.3, 0.4) is 0 Å². The van der Waals surface area contributed by atoms with Gasteiger partial charge in [-0.25, -0.2) is 4.90 Å². The first kappa shape index (κ1) is 19.3. The van der Waals surface area contributed by atoms with Crippen LogP contribution in [-0.4, -0.2) is 35.4 Å². The van der Waals surface area contributed by atoms with Crippen LogP contribution in [0.25, 0.3) is 0 Å². The maximum absolute atomic E-state index is 13.4. The molecule has 3 amide bonds. The maximum Gasteiger partial charge on any atom is 0.265 e. The minimum Gasteiger partial charge on any atom is -0.368 e. The topological polar surface area (TPSA) is 92.9 Å². The van der Waals surface area contributed by atoms with E-state index in [1.807, 2.05) is 51.1 Å². The van der Waals surface area contributed by atoms with E-state index in [1.54, 1.807) is 12.1 Å². The third-order valence-electron chi connectivity index (χ3n) is 5.45. The number of benzene rings is 2. The number of rotatable bonds is 4. The van der Waals surface area contributed by atoms with E-state index in [4.69, 9.17) is 10.6 Å². The summed E-state index contributed by atoms with van der Waals surface area (Å²) < 4.78 is 0. The van der Waals surface area contributed by atoms with Crippen molar-refractivity contribution in [3.05, 3.63) is 64.7 Å². The molecule has 2 heterocycles. The van der Waals surface area contributed by atoms with E-state index in [-0.39, 0.29) is 12.5 Å². The third-order valence-corrected chi connectivity index (χ3v) is 5.45. The summed E-state index contributed by atoms with van der Waals surface area (Å²) in [5.41, 5.74) is 9.64. The molecule has 3 atom stereocenters. The maximum atomic E-state index is 13.4. The van der Waals surface area contributed by atoms with Gasteiger partial charge in [-0.3, -0.25) is 19.2 Å². The predicted octanol–water partition coefficient (Wildman–Crippen LogP) is 1.94. The lowest BCUT2D eigenvalue weighted by molar-refractivity contribution is -0.175. The molecule has 150 valence electrons. The van der Waals surface area contributed by atoms with Crippen LogP contribution in [0.4, 0.5) is 5.69 Å². The van der Waals surface area contributed by atoms with E-state index < -0.39 is 29.9 Å². The minimum atomic E-state index is -0.979. The van der Waals surface area contributed by atoms with E-state index >= 15 is 0 Å². The van der Waals surface area contributed by atoms with Gasteiger partial charge in [-0.2, -0.15) is 5.06 Å². The van der Waals surface area contributed by atoms with Gasteiger partial charge < -0.3 is 5.73 Å². The standard InChI is InChI=1S/C22H23N3O4/c1-12-8-13(2)10-15(9-12)19-18-20(29-24(19)11-17(23)26)22(28)25(21(18)27)16-7-5-4-6-14(16)3/h4-10,18-20H,11H2,1-3H3,(H2,23,26). The Morgan fingerprint density at radius 3 is 2.31 bits per heavy atom. The monoisotopic (exact) mass is 393 g/mol. The number of nitrogens with two attached hydrogens (primary N) is 1. The number of hydrogen-bond donors (Lipinski definition) is 1. The van der Waals surface area contributed by atoms with Crippen LogP contribution in [-0.2, 0) is 19.2 Å². The van der Waals surface area contributed by atoms with Crippen molar-refractivity contribution in [2.24, 2.45) is 11.7 Å². The van der Waals surface area contributed by atoms with Gasteiger partial charge in [-0.1, -0.05) is 47.5 Å². The van der Waals surface area contributed by atoms with Crippen molar-refractivity contribution in [2.75, 3.05) is 11.4 Å². The number of hydroxylamine groups is 2. The number of fused-ring (bicyclic) bond motifs is 1. The Morgan fingerprint density at radius 2 is 1.69 bits per heavy atom. The van der Waals surface area contributed by atoms with Gasteiger partial charge in [0.1, 0.15) is 6.54 Å². The Balaban J connectivity index is 1.78. The number of nitrogens with zero attached hydrogens (tertiary/aromatic N) is 2. The number of primary amides is 1. The molecule has 0 bridgehead atoms. The van der Waals surface area contributed by atoms with Crippen LogP contribution < -0.4 is 10.6 Å². The Labute approximate surface area is 169 Å². The number of hydrogen-bond acceptors (Lipinski definition) is 5. The van der Waals surface area contributed by atoms with Gasteiger partial charge in [0.15, 0.2) is 6.10 Å². The Morgan fingerprint density at radius 1 is 1.03 bits per heavy atom. The van der Waals surface area contributed by atoms with Gasteiger partial charge >= 0.3 is 0 Å². The molecule has 0 aliphatic carbocycles. The Bertz CT molecular complexity index is 999. The average Bonchev–Trinajstić information content (AvgIpc) is 3.10. The van der Waals surface area contributed by atoms with Crippen molar-refractivity contribution in [1.29, 1.82) is 0 Å². The molecule has 3 unspecified atom stereocenters. The van der Waals surface area contributed by atoms with Gasteiger partial charge in [-0.05, 0) is 38.0 Å². The van der Waals surface area contributed by atoms with Crippen LogP contribution >= 0.6 is 0 Å². The molecular formula is C22H23N3O4. The van der Waals surface area contributed by atoms with Crippen molar-refractivity contribution in [3.8, 4) is 0 Å². The lowest BCUT2D eigenvalue weighted by Gasteiger charge is -2.27. The molecule has 0 aromatic heterocycles. The van der Waals surface area contributed by atoms with E-state index in [9.17, 15) is 14.4 Å². The highest BCUT2D eigenvalue weighted by Crippen LogP contribution is 2.46. The number of amides is 3. The second-order valence-electron chi connectivity index (χ2n) is 7.76. The summed E-state index contributed by atoms with van der Waals surface area (Å²) in [7, 11) is 0. The van der Waals surface area contributed by atoms with Gasteiger partial charge in [0.25, 0.3) is 5.91 Å². The Hall–Kier alpha value is -3.03. The molecule has 2 aliphatic rings. The predicted molar refractivity (Wildman–Crippen MR) is 107 cm³/mol. The molecular weight excluding hydrogens is 370 g/mol. The number of anilines is 1. The molecule has 4 rings (SSSR count). The molecule has 2 aliphatic heterocycles. The summed E-state index contributed by atoms with van der Waals surface area (Å²) >= 11 is 0. The van der Waals surface area contributed by atoms with Gasteiger partial charge in [0.05, 0.1) is 17.6 Å². The normalized spacial score (nSPS) is 24.2. The highest BCUT2D eigenvalue weighted by atomic mass is 16.7. The lowest BCUT2D eigenvalue weighted by atomic mass is 9.89. The zero-order valence-electron chi connectivity index (χ0n) is 16.6. The largest absolute Gasteiger partial charge is 0.368 e. The molecule has 0 spiro atoms. The first-order chi connectivity index (χ1) is 13.8. The van der Waals surface area contributed by atoms with Crippen molar-refractivity contribution in [1.82, 2.24) is 5.06 Å². The van der Waals surface area contributed by atoms with E-state index in [0.717, 1.165) is 22.3 Å². The van der Waals surface area contributed by atoms with Crippen molar-refractivity contribution in [3.63, 3.8) is 0 Å². The summed E-state index contributed by atoms with van der Waals surface area (Å²) in [4.78, 5) is 45.2. The molecule has 2 N–H and O–H groups in total. The zero-order valence-corrected chi connectivity index (χ0v) is 16.6. The summed E-state index contributed by atoms with van der Waals surface area (Å²) in [5, 5.41) is 1.39. The average molecular weight is 393 g/mol. The SMILES string of the molecule is Cc1cc(C)cc(C2C3C(=O)N(c4ccccc4C)C(=O)C3ON2CC(N)=O)c1. The Kier molecular flexibility index (Phi) is 4.72. The highest BCUT2D eigenvalue weighted by molar-refractivity contribution is 6.24. The smallest absolute Gasteiger partial charge is 0.265 e. The number of para-hydroxylation sites is 1. The van der Waals surface area contributed by atoms with E-state index in [1.165, 1.54) is 9.96 Å². The minimum absolute atomic E-state index is 0.199. The number of carbonyl (C=O) groups is 3. The zero-order chi connectivity index (χ0) is 20.9. The molecule has 2 aromatic rings. The van der Waals surface area contributed by atoms with Crippen LogP contribution in [0.2, 0.25) is 0 Å². The summed E-state index contributed by atoms with van der Waals surface area (Å²) in [6, 6.07) is 12.6. The van der Waals surface area contributed by atoms with Crippen LogP contribution in [0.5, 0.6) is 0 Å². The number of aryl methyl sites for hydroxylation is 3. The molecule has 0 radical (unpaired) electrons. The molecule has 0 saturated carbocycles. The number of carbonyl (C=O) groups excluding carboxylic acids is 3. The second-order valence-corrected chi connectivity index (χ2v) is 7.76. The molecule has 2 aromatic carbocycles. The van der Waals surface area contributed by atoms with Crippen molar-refractivity contribution >= 4 is 23.4 Å². The molecule has 7 heteroatoms. The van der Waals surface area contributed by atoms with Crippen molar-refractivity contribution < 1.29 is 19.2 Å². The lowest BCUT2D eigenvalue weighted by Crippen LogP contribution is -2.40. The van der Waals surface area contributed by atoms with Gasteiger partial charge in [-0.15, -0.1) is 0 Å². The third kappa shape index (κ3) is 3.22. The molecule has 29 heavy (non-hydrogen) atoms. The first-order valence-electron chi connectivity index (χ1n) is 9.51. The van der Waals surface area contributed by atoms with Crippen LogP contribution in [0.15, 0.2) is 42.5 Å². The van der Waals surface area contributed by atoms with E-state index in [0.29, 0.717) is 5.69 Å². The van der Waals surface area contributed by atoms with Gasteiger partial charge in [0.2, 0.25) is 11.8 Å². The second kappa shape index (κ2) is 7.09. The first-order valence-corrected chi connectivity index (χ1v) is 9.51. The molecule has 2 saturated heterocycles. The molecule has 2 fully saturated rings. The fraction of sp³-hybridized carbons (Fsp3) is 0.318. The number of imide groups is 1. The van der Waals surface area contributed by atoms with Crippen molar-refractivity contribution in [2.45, 2.75) is 32.9 Å². The highest BCUT2D eigenvalue weighted by Gasteiger charge is 2.60. The fourth-order valence-electron chi connectivity index (χ4n) is 4.37. The summed E-state index contributed by atoms with van der Waals surface area (Å²) in [5.74, 6) is -2.08. The van der Waals surface area contributed by atoms with Crippen LogP contribution in [0.1, 0.15) is 28.3 Å². The summed E-state index contributed by atoms with van der Waals surface area (Å²) in [6.07, 6.45) is -0.979. The molecule has 7 nitrogen and oxygen atoms in total. The van der Waals surface area contributed by atoms with Gasteiger partial charge in [0, 0.05) is 0 Å². The quantitative estimate of drug-likeness (QED) is 0.802. The van der Waals surface area contributed by atoms with E-state index in [2.05, 4.69) is 0 Å². The fourth-order valence-corrected chi connectivity index (χ4v) is 4.37.